The molecule has 1 aliphatic heterocycles. The Bertz CT molecular complexity index is 1090. The largest absolute Gasteiger partial charge is 0.462 e. The standard InChI is InChI=1S/C29H36N2O3/c1-17(32)34-20-11-13-28(2)19(15-20)9-10-21-23(28)12-14-29(3)24(21)16-22-25(18-7-5-4-6-8-18)30-27(33)31-26(22)29/h4-9,20-21,23-25H,10-16H2,1-3H3,(H2,30,31,33). The monoisotopic (exact) mass is 460 g/mol. The number of hydrogen-bond donors (Lipinski definition) is 2. The molecular formula is C29H36N2O3. The Morgan fingerprint density at radius 1 is 1.03 bits per heavy atom. The zero-order valence-corrected chi connectivity index (χ0v) is 20.5. The molecular weight excluding hydrogens is 424 g/mol. The van der Waals surface area contributed by atoms with Gasteiger partial charge in [-0.3, -0.25) is 4.79 Å². The minimum atomic E-state index is -0.164. The zero-order chi connectivity index (χ0) is 23.7. The molecule has 4 aliphatic carbocycles. The third-order valence-electron chi connectivity index (χ3n) is 10.1. The molecule has 1 heterocycles. The lowest BCUT2D eigenvalue weighted by molar-refractivity contribution is -0.148. The molecule has 5 heteroatoms. The second-order valence-corrected chi connectivity index (χ2v) is 11.7. The molecule has 6 rings (SSSR count). The first-order valence-corrected chi connectivity index (χ1v) is 13.0. The maximum atomic E-state index is 12.7. The van der Waals surface area contributed by atoms with Crippen LogP contribution in [-0.4, -0.2) is 18.1 Å². The molecule has 5 aliphatic rings. The van der Waals surface area contributed by atoms with E-state index >= 15 is 0 Å². The van der Waals surface area contributed by atoms with Gasteiger partial charge in [0.25, 0.3) is 0 Å². The number of carbonyl (C=O) groups is 2. The summed E-state index contributed by atoms with van der Waals surface area (Å²) >= 11 is 0. The van der Waals surface area contributed by atoms with Crippen molar-refractivity contribution in [1.29, 1.82) is 0 Å². The van der Waals surface area contributed by atoms with E-state index in [1.165, 1.54) is 35.8 Å². The van der Waals surface area contributed by atoms with Crippen molar-refractivity contribution in [3.63, 3.8) is 0 Å². The van der Waals surface area contributed by atoms with E-state index in [1.807, 2.05) is 6.07 Å². The second kappa shape index (κ2) is 7.73. The van der Waals surface area contributed by atoms with Crippen molar-refractivity contribution in [3.8, 4) is 0 Å². The number of benzene rings is 1. The van der Waals surface area contributed by atoms with E-state index in [9.17, 15) is 9.59 Å². The molecule has 0 spiro atoms. The number of fused-ring (bicyclic) bond motifs is 6. The van der Waals surface area contributed by atoms with Crippen LogP contribution in [0.1, 0.15) is 77.3 Å². The summed E-state index contributed by atoms with van der Waals surface area (Å²) in [7, 11) is 0. The van der Waals surface area contributed by atoms with Gasteiger partial charge >= 0.3 is 12.0 Å². The quantitative estimate of drug-likeness (QED) is 0.433. The van der Waals surface area contributed by atoms with Gasteiger partial charge in [-0.15, -0.1) is 0 Å². The van der Waals surface area contributed by atoms with E-state index < -0.39 is 0 Å². The summed E-state index contributed by atoms with van der Waals surface area (Å²) in [6, 6.07) is 10.3. The van der Waals surface area contributed by atoms with Crippen LogP contribution in [0.4, 0.5) is 4.79 Å². The summed E-state index contributed by atoms with van der Waals surface area (Å²) in [4.78, 5) is 24.3. The average Bonchev–Trinajstić information content (AvgIpc) is 3.11. The van der Waals surface area contributed by atoms with Gasteiger partial charge in [0.05, 0.1) is 6.04 Å². The number of ether oxygens (including phenoxy) is 1. The van der Waals surface area contributed by atoms with Crippen molar-refractivity contribution in [2.24, 2.45) is 28.6 Å². The highest BCUT2D eigenvalue weighted by Gasteiger charge is 2.59. The van der Waals surface area contributed by atoms with E-state index in [-0.39, 0.29) is 35.0 Å². The molecule has 0 saturated heterocycles. The van der Waals surface area contributed by atoms with Gasteiger partial charge < -0.3 is 15.4 Å². The normalized spacial score (nSPS) is 40.6. The maximum Gasteiger partial charge on any atom is 0.319 e. The van der Waals surface area contributed by atoms with Crippen molar-refractivity contribution in [2.45, 2.75) is 77.9 Å². The Balaban J connectivity index is 1.31. The van der Waals surface area contributed by atoms with Gasteiger partial charge in [0, 0.05) is 24.5 Å². The molecule has 0 radical (unpaired) electrons. The van der Waals surface area contributed by atoms with Crippen LogP contribution in [0.15, 0.2) is 53.3 Å². The molecule has 34 heavy (non-hydrogen) atoms. The smallest absolute Gasteiger partial charge is 0.319 e. The molecule has 1 aromatic carbocycles. The van der Waals surface area contributed by atoms with Gasteiger partial charge in [0.2, 0.25) is 0 Å². The fourth-order valence-corrected chi connectivity index (χ4v) is 8.46. The van der Waals surface area contributed by atoms with Crippen molar-refractivity contribution in [2.75, 3.05) is 0 Å². The first-order valence-electron chi connectivity index (χ1n) is 13.0. The Hall–Kier alpha value is -2.56. The lowest BCUT2D eigenvalue weighted by Gasteiger charge is -2.57. The van der Waals surface area contributed by atoms with Crippen LogP contribution < -0.4 is 10.6 Å². The van der Waals surface area contributed by atoms with Crippen molar-refractivity contribution < 1.29 is 14.3 Å². The molecule has 2 N–H and O–H groups in total. The second-order valence-electron chi connectivity index (χ2n) is 11.7. The first-order chi connectivity index (χ1) is 16.3. The van der Waals surface area contributed by atoms with Crippen molar-refractivity contribution >= 4 is 12.0 Å². The predicted molar refractivity (Wildman–Crippen MR) is 131 cm³/mol. The lowest BCUT2D eigenvalue weighted by Crippen LogP contribution is -2.52. The molecule has 1 aromatic rings. The Labute approximate surface area is 202 Å². The van der Waals surface area contributed by atoms with Crippen LogP contribution in [0, 0.1) is 28.6 Å². The minimum absolute atomic E-state index is 0.0257. The zero-order valence-electron chi connectivity index (χ0n) is 20.5. The van der Waals surface area contributed by atoms with E-state index in [2.05, 4.69) is 54.8 Å². The van der Waals surface area contributed by atoms with E-state index in [0.717, 1.165) is 38.5 Å². The number of urea groups is 1. The summed E-state index contributed by atoms with van der Waals surface area (Å²) in [5.74, 6) is 1.66. The number of amides is 2. The van der Waals surface area contributed by atoms with Gasteiger partial charge in [-0.05, 0) is 72.8 Å². The van der Waals surface area contributed by atoms with Crippen molar-refractivity contribution in [1.82, 2.24) is 10.6 Å². The van der Waals surface area contributed by atoms with E-state index in [1.54, 1.807) is 0 Å². The topological polar surface area (TPSA) is 67.4 Å². The summed E-state index contributed by atoms with van der Waals surface area (Å²) < 4.78 is 5.60. The van der Waals surface area contributed by atoms with Gasteiger partial charge in [-0.25, -0.2) is 4.79 Å². The van der Waals surface area contributed by atoms with Gasteiger partial charge in [-0.1, -0.05) is 55.8 Å². The highest BCUT2D eigenvalue weighted by atomic mass is 16.5. The molecule has 180 valence electrons. The van der Waals surface area contributed by atoms with E-state index in [4.69, 9.17) is 4.74 Å². The van der Waals surface area contributed by atoms with Gasteiger partial charge in [0.15, 0.2) is 0 Å². The fraction of sp³-hybridized carbons (Fsp3) is 0.586. The first kappa shape index (κ1) is 21.9. The Kier molecular flexibility index (Phi) is 4.98. The molecule has 7 atom stereocenters. The molecule has 2 saturated carbocycles. The van der Waals surface area contributed by atoms with Gasteiger partial charge in [-0.2, -0.15) is 0 Å². The summed E-state index contributed by atoms with van der Waals surface area (Å²) in [5, 5.41) is 6.48. The minimum Gasteiger partial charge on any atom is -0.462 e. The number of esters is 1. The van der Waals surface area contributed by atoms with Crippen LogP contribution in [0.5, 0.6) is 0 Å². The summed E-state index contributed by atoms with van der Waals surface area (Å²) in [6.07, 6.45) is 9.95. The SMILES string of the molecule is CC(=O)OC1CCC2(C)C(=CCC3C2CCC2(C)C4=C(CC32)C(c2ccccc2)NC(=O)N4)C1. The number of allylic oxidation sites excluding steroid dienone is 2. The summed E-state index contributed by atoms with van der Waals surface area (Å²) in [5.41, 5.74) is 5.50. The number of rotatable bonds is 2. The molecule has 7 unspecified atom stereocenters. The van der Waals surface area contributed by atoms with E-state index in [0.29, 0.717) is 17.8 Å². The van der Waals surface area contributed by atoms with Crippen LogP contribution in [0.2, 0.25) is 0 Å². The average molecular weight is 461 g/mol. The van der Waals surface area contributed by atoms with Crippen LogP contribution in [0.3, 0.4) is 0 Å². The maximum absolute atomic E-state index is 12.7. The fourth-order valence-electron chi connectivity index (χ4n) is 8.46. The molecule has 5 nitrogen and oxygen atoms in total. The molecule has 0 bridgehead atoms. The highest BCUT2D eigenvalue weighted by Crippen LogP contribution is 2.66. The molecule has 2 fully saturated rings. The molecule has 2 amide bonds. The van der Waals surface area contributed by atoms with Crippen molar-refractivity contribution in [3.05, 3.63) is 58.8 Å². The van der Waals surface area contributed by atoms with Crippen LogP contribution >= 0.6 is 0 Å². The highest BCUT2D eigenvalue weighted by molar-refractivity contribution is 5.80. The van der Waals surface area contributed by atoms with Gasteiger partial charge in [0.1, 0.15) is 6.10 Å². The third-order valence-corrected chi connectivity index (χ3v) is 10.1. The van der Waals surface area contributed by atoms with Crippen LogP contribution in [-0.2, 0) is 9.53 Å². The summed E-state index contributed by atoms with van der Waals surface area (Å²) in [6.45, 7) is 6.40. The van der Waals surface area contributed by atoms with Crippen LogP contribution in [0.25, 0.3) is 0 Å². The predicted octanol–water partition coefficient (Wildman–Crippen LogP) is 5.80. The number of carbonyl (C=O) groups excluding carboxylic acids is 2. The third kappa shape index (κ3) is 3.19. The Morgan fingerprint density at radius 3 is 2.56 bits per heavy atom. The Morgan fingerprint density at radius 2 is 1.79 bits per heavy atom. The number of nitrogens with one attached hydrogen (secondary N) is 2. The molecule has 0 aromatic heterocycles. The number of hydrogen-bond acceptors (Lipinski definition) is 3. The lowest BCUT2D eigenvalue weighted by atomic mass is 9.48.